The molecule has 0 saturated carbocycles. The van der Waals surface area contributed by atoms with Gasteiger partial charge in [0.05, 0.1) is 14.2 Å². The van der Waals surface area contributed by atoms with Gasteiger partial charge in [-0.1, -0.05) is 19.4 Å². The lowest BCUT2D eigenvalue weighted by atomic mass is 10.2. The Labute approximate surface area is 116 Å². The molecule has 19 heavy (non-hydrogen) atoms. The van der Waals surface area contributed by atoms with E-state index in [0.29, 0.717) is 29.9 Å². The molecule has 1 aromatic carbocycles. The van der Waals surface area contributed by atoms with Crippen molar-refractivity contribution in [1.82, 2.24) is 5.32 Å². The summed E-state index contributed by atoms with van der Waals surface area (Å²) in [6.45, 7) is 5.77. The van der Waals surface area contributed by atoms with Gasteiger partial charge in [-0.25, -0.2) is 0 Å². The topological polar surface area (TPSA) is 39.7 Å². The molecule has 0 spiro atoms. The van der Waals surface area contributed by atoms with Crippen molar-refractivity contribution >= 4 is 0 Å². The first kappa shape index (κ1) is 15.6. The molecule has 1 unspecified atom stereocenters. The Balaban J connectivity index is 2.48. The Bertz CT molecular complexity index is 346. The highest BCUT2D eigenvalue weighted by Crippen LogP contribution is 2.36. The van der Waals surface area contributed by atoms with E-state index in [9.17, 15) is 0 Å². The average molecular weight is 267 g/mol. The zero-order chi connectivity index (χ0) is 14.1. The highest BCUT2D eigenvalue weighted by molar-refractivity contribution is 5.51. The molecule has 1 atom stereocenters. The SMILES string of the molecule is CCCC(C)NCCOc1c(OC)cccc1OC. The van der Waals surface area contributed by atoms with Crippen molar-refractivity contribution < 1.29 is 14.2 Å². The summed E-state index contributed by atoms with van der Waals surface area (Å²) in [5.74, 6) is 2.05. The Morgan fingerprint density at radius 2 is 1.79 bits per heavy atom. The molecular weight excluding hydrogens is 242 g/mol. The fourth-order valence-corrected chi connectivity index (χ4v) is 1.95. The van der Waals surface area contributed by atoms with E-state index >= 15 is 0 Å². The third kappa shape index (κ3) is 4.99. The lowest BCUT2D eigenvalue weighted by molar-refractivity contribution is 0.269. The van der Waals surface area contributed by atoms with Crippen molar-refractivity contribution in [3.05, 3.63) is 18.2 Å². The van der Waals surface area contributed by atoms with Crippen molar-refractivity contribution in [3.63, 3.8) is 0 Å². The van der Waals surface area contributed by atoms with Gasteiger partial charge in [-0.3, -0.25) is 0 Å². The van der Waals surface area contributed by atoms with Gasteiger partial charge in [0.2, 0.25) is 5.75 Å². The maximum Gasteiger partial charge on any atom is 0.203 e. The molecule has 108 valence electrons. The van der Waals surface area contributed by atoms with Gasteiger partial charge in [0.25, 0.3) is 0 Å². The lowest BCUT2D eigenvalue weighted by Gasteiger charge is -2.16. The molecule has 0 aliphatic rings. The van der Waals surface area contributed by atoms with E-state index in [0.717, 1.165) is 6.54 Å². The Morgan fingerprint density at radius 1 is 1.16 bits per heavy atom. The van der Waals surface area contributed by atoms with Crippen LogP contribution in [0.5, 0.6) is 17.2 Å². The maximum atomic E-state index is 5.77. The van der Waals surface area contributed by atoms with E-state index in [-0.39, 0.29) is 0 Å². The summed E-state index contributed by atoms with van der Waals surface area (Å²) in [6.07, 6.45) is 2.37. The number of hydrogen-bond donors (Lipinski definition) is 1. The predicted molar refractivity (Wildman–Crippen MR) is 77.4 cm³/mol. The van der Waals surface area contributed by atoms with Crippen LogP contribution in [0.25, 0.3) is 0 Å². The monoisotopic (exact) mass is 267 g/mol. The molecule has 1 N–H and O–H groups in total. The molecule has 0 fully saturated rings. The number of benzene rings is 1. The summed E-state index contributed by atoms with van der Waals surface area (Å²) >= 11 is 0. The minimum Gasteiger partial charge on any atom is -0.493 e. The smallest absolute Gasteiger partial charge is 0.203 e. The van der Waals surface area contributed by atoms with Gasteiger partial charge in [0.15, 0.2) is 11.5 Å². The lowest BCUT2D eigenvalue weighted by Crippen LogP contribution is -2.30. The van der Waals surface area contributed by atoms with Crippen LogP contribution < -0.4 is 19.5 Å². The molecular formula is C15H25NO3. The van der Waals surface area contributed by atoms with Gasteiger partial charge in [-0.05, 0) is 25.5 Å². The second-order valence-electron chi connectivity index (χ2n) is 4.48. The van der Waals surface area contributed by atoms with E-state index in [4.69, 9.17) is 14.2 Å². The van der Waals surface area contributed by atoms with Crippen LogP contribution in [0.2, 0.25) is 0 Å². The highest BCUT2D eigenvalue weighted by Gasteiger charge is 2.10. The Kier molecular flexibility index (Phi) is 7.11. The second-order valence-corrected chi connectivity index (χ2v) is 4.48. The van der Waals surface area contributed by atoms with Crippen LogP contribution >= 0.6 is 0 Å². The third-order valence-electron chi connectivity index (χ3n) is 2.95. The first-order chi connectivity index (χ1) is 9.22. The van der Waals surface area contributed by atoms with Crippen LogP contribution in [0.4, 0.5) is 0 Å². The summed E-state index contributed by atoms with van der Waals surface area (Å²) < 4.78 is 16.3. The molecule has 0 saturated heterocycles. The summed E-state index contributed by atoms with van der Waals surface area (Å²) in [6, 6.07) is 6.13. The molecule has 0 aliphatic carbocycles. The summed E-state index contributed by atoms with van der Waals surface area (Å²) in [5, 5.41) is 3.42. The van der Waals surface area contributed by atoms with E-state index in [1.807, 2.05) is 18.2 Å². The van der Waals surface area contributed by atoms with Crippen LogP contribution in [0, 0.1) is 0 Å². The molecule has 4 heteroatoms. The van der Waals surface area contributed by atoms with Crippen molar-refractivity contribution in [2.45, 2.75) is 32.7 Å². The van der Waals surface area contributed by atoms with Crippen molar-refractivity contribution in [2.75, 3.05) is 27.4 Å². The third-order valence-corrected chi connectivity index (χ3v) is 2.95. The van der Waals surface area contributed by atoms with Gasteiger partial charge < -0.3 is 19.5 Å². The molecule has 1 aromatic rings. The minimum atomic E-state index is 0.521. The number of hydrogen-bond acceptors (Lipinski definition) is 4. The number of nitrogens with one attached hydrogen (secondary N) is 1. The zero-order valence-electron chi connectivity index (χ0n) is 12.4. The van der Waals surface area contributed by atoms with Gasteiger partial charge in [0, 0.05) is 12.6 Å². The van der Waals surface area contributed by atoms with Gasteiger partial charge in [-0.15, -0.1) is 0 Å². The normalized spacial score (nSPS) is 12.0. The quantitative estimate of drug-likeness (QED) is 0.698. The summed E-state index contributed by atoms with van der Waals surface area (Å²) in [5.41, 5.74) is 0. The minimum absolute atomic E-state index is 0.521. The van der Waals surface area contributed by atoms with Crippen molar-refractivity contribution in [2.24, 2.45) is 0 Å². The molecule has 0 amide bonds. The molecule has 0 bridgehead atoms. The average Bonchev–Trinajstić information content (AvgIpc) is 2.43. The molecule has 1 rings (SSSR count). The summed E-state index contributed by atoms with van der Waals surface area (Å²) in [7, 11) is 3.26. The molecule has 0 aromatic heterocycles. The predicted octanol–water partition coefficient (Wildman–Crippen LogP) is 2.86. The number of para-hydroxylation sites is 1. The van der Waals surface area contributed by atoms with Gasteiger partial charge in [0.1, 0.15) is 6.61 Å². The van der Waals surface area contributed by atoms with Gasteiger partial charge >= 0.3 is 0 Å². The summed E-state index contributed by atoms with van der Waals surface area (Å²) in [4.78, 5) is 0. The standard InChI is InChI=1S/C15H25NO3/c1-5-7-12(2)16-10-11-19-15-13(17-3)8-6-9-14(15)18-4/h6,8-9,12,16H,5,7,10-11H2,1-4H3. The van der Waals surface area contributed by atoms with Crippen LogP contribution in [-0.4, -0.2) is 33.4 Å². The van der Waals surface area contributed by atoms with Crippen LogP contribution in [0.3, 0.4) is 0 Å². The van der Waals surface area contributed by atoms with Crippen LogP contribution in [0.15, 0.2) is 18.2 Å². The number of rotatable bonds is 9. The molecule has 0 radical (unpaired) electrons. The van der Waals surface area contributed by atoms with Crippen LogP contribution in [0.1, 0.15) is 26.7 Å². The largest absolute Gasteiger partial charge is 0.493 e. The molecule has 0 heterocycles. The van der Waals surface area contributed by atoms with E-state index in [1.165, 1.54) is 12.8 Å². The van der Waals surface area contributed by atoms with Crippen molar-refractivity contribution in [3.8, 4) is 17.2 Å². The van der Waals surface area contributed by atoms with Crippen LogP contribution in [-0.2, 0) is 0 Å². The Hall–Kier alpha value is -1.42. The zero-order valence-corrected chi connectivity index (χ0v) is 12.4. The van der Waals surface area contributed by atoms with Crippen molar-refractivity contribution in [1.29, 1.82) is 0 Å². The Morgan fingerprint density at radius 3 is 2.32 bits per heavy atom. The van der Waals surface area contributed by atoms with Gasteiger partial charge in [-0.2, -0.15) is 0 Å². The highest BCUT2D eigenvalue weighted by atomic mass is 16.5. The molecule has 4 nitrogen and oxygen atoms in total. The number of ether oxygens (including phenoxy) is 3. The van der Waals surface area contributed by atoms with E-state index < -0.39 is 0 Å². The molecule has 0 aliphatic heterocycles. The van der Waals surface area contributed by atoms with E-state index in [2.05, 4.69) is 19.2 Å². The first-order valence-electron chi connectivity index (χ1n) is 6.80. The maximum absolute atomic E-state index is 5.77. The first-order valence-corrected chi connectivity index (χ1v) is 6.80. The fraction of sp³-hybridized carbons (Fsp3) is 0.600. The fourth-order valence-electron chi connectivity index (χ4n) is 1.95. The van der Waals surface area contributed by atoms with E-state index in [1.54, 1.807) is 14.2 Å². The number of methoxy groups -OCH3 is 2. The second kappa shape index (κ2) is 8.64.